The molecule has 0 aliphatic carbocycles. The summed E-state index contributed by atoms with van der Waals surface area (Å²) in [5.74, 6) is -3.59. The second kappa shape index (κ2) is 8.35. The van der Waals surface area contributed by atoms with Crippen molar-refractivity contribution in [3.8, 4) is 0 Å². The summed E-state index contributed by atoms with van der Waals surface area (Å²) in [6, 6.07) is 4.17. The van der Waals surface area contributed by atoms with Crippen LogP contribution in [0.1, 0.15) is 59.1 Å². The van der Waals surface area contributed by atoms with Gasteiger partial charge in [0.25, 0.3) is 5.60 Å². The molecule has 2 aromatic rings. The Balaban J connectivity index is 1.91. The summed E-state index contributed by atoms with van der Waals surface area (Å²) >= 11 is 0. The van der Waals surface area contributed by atoms with E-state index in [0.29, 0.717) is 17.2 Å². The molecule has 1 unspecified atom stereocenters. The number of rotatable bonds is 6. The van der Waals surface area contributed by atoms with E-state index in [1.807, 2.05) is 0 Å². The minimum atomic E-state index is -5.15. The maximum Gasteiger partial charge on any atom is 0.437 e. The summed E-state index contributed by atoms with van der Waals surface area (Å²) in [4.78, 5) is 17.0. The van der Waals surface area contributed by atoms with Gasteiger partial charge in [-0.15, -0.1) is 0 Å². The van der Waals surface area contributed by atoms with Gasteiger partial charge in [0.15, 0.2) is 11.5 Å². The number of nitrogens with zero attached hydrogens (tertiary/aromatic N) is 3. The number of aryl methyl sites for hydroxylation is 2. The quantitative estimate of drug-likeness (QED) is 0.366. The van der Waals surface area contributed by atoms with E-state index >= 15 is 0 Å². The molecule has 34 heavy (non-hydrogen) atoms. The molecular weight excluding hydrogens is 478 g/mol. The smallest absolute Gasteiger partial charge is 0.372 e. The van der Waals surface area contributed by atoms with E-state index in [2.05, 4.69) is 10.3 Å². The number of carbonyl (C=O) groups is 1. The molecule has 2 heterocycles. The first kappa shape index (κ1) is 25.6. The van der Waals surface area contributed by atoms with Gasteiger partial charge in [0.2, 0.25) is 5.92 Å². The monoisotopic (exact) mass is 497 g/mol. The number of Topliss-reactive ketones (excluding diaryl/α,β-unsaturated/α-hetero) is 1. The number of benzene rings is 1. The summed E-state index contributed by atoms with van der Waals surface area (Å²) in [5, 5.41) is 6.62. The highest BCUT2D eigenvalue weighted by atomic mass is 19.4. The molecule has 186 valence electrons. The number of oxime groups is 1. The van der Waals surface area contributed by atoms with Gasteiger partial charge >= 0.3 is 12.4 Å². The number of hydrogen-bond donors (Lipinski definition) is 0. The molecule has 0 radical (unpaired) electrons. The van der Waals surface area contributed by atoms with E-state index in [1.165, 1.54) is 25.1 Å². The van der Waals surface area contributed by atoms with Crippen LogP contribution in [0.15, 0.2) is 29.4 Å². The van der Waals surface area contributed by atoms with Crippen molar-refractivity contribution in [3.05, 3.63) is 52.3 Å². The Bertz CT molecular complexity index is 1130. The normalized spacial score (nSPS) is 19.2. The lowest BCUT2D eigenvalue weighted by Gasteiger charge is -2.28. The number of carbonyl (C=O) groups excluding carboxylic acids is 1. The molecule has 5 nitrogen and oxygen atoms in total. The van der Waals surface area contributed by atoms with E-state index in [4.69, 9.17) is 4.84 Å². The number of hydrogen-bond acceptors (Lipinski definition) is 4. The Kier molecular flexibility index (Phi) is 6.29. The third kappa shape index (κ3) is 4.92. The van der Waals surface area contributed by atoms with Gasteiger partial charge in [0.05, 0.1) is 17.8 Å². The largest absolute Gasteiger partial charge is 0.437 e. The number of aromatic nitrogens is 2. The van der Waals surface area contributed by atoms with Crippen molar-refractivity contribution in [2.24, 2.45) is 12.2 Å². The van der Waals surface area contributed by atoms with Crippen LogP contribution in [0.25, 0.3) is 0 Å². The van der Waals surface area contributed by atoms with E-state index in [1.54, 1.807) is 0 Å². The van der Waals surface area contributed by atoms with Crippen LogP contribution in [0.3, 0.4) is 0 Å². The van der Waals surface area contributed by atoms with Crippen LogP contribution in [0, 0.1) is 6.92 Å². The van der Waals surface area contributed by atoms with Gasteiger partial charge in [-0.2, -0.15) is 31.4 Å². The van der Waals surface area contributed by atoms with Crippen LogP contribution in [-0.4, -0.2) is 33.4 Å². The number of ketones is 1. The summed E-state index contributed by atoms with van der Waals surface area (Å²) in [6.45, 7) is 2.16. The average Bonchev–Trinajstić information content (AvgIpc) is 3.29. The molecule has 1 aromatic carbocycles. The summed E-state index contributed by atoms with van der Waals surface area (Å²) in [5.41, 5.74) is -5.24. The third-order valence-electron chi connectivity index (χ3n) is 5.42. The van der Waals surface area contributed by atoms with Crippen molar-refractivity contribution >= 4 is 11.5 Å². The van der Waals surface area contributed by atoms with E-state index in [0.717, 1.165) is 7.05 Å². The Labute approximate surface area is 188 Å². The summed E-state index contributed by atoms with van der Waals surface area (Å²) in [6.07, 6.45) is -12.1. The molecule has 1 atom stereocenters. The highest BCUT2D eigenvalue weighted by molar-refractivity contribution is 6.04. The van der Waals surface area contributed by atoms with Gasteiger partial charge in [0, 0.05) is 25.5 Å². The van der Waals surface area contributed by atoms with Gasteiger partial charge < -0.3 is 4.84 Å². The van der Waals surface area contributed by atoms with E-state index in [9.17, 15) is 39.9 Å². The Morgan fingerprint density at radius 2 is 1.76 bits per heavy atom. The van der Waals surface area contributed by atoms with Crippen molar-refractivity contribution < 1.29 is 44.8 Å². The molecule has 0 fully saturated rings. The predicted molar refractivity (Wildman–Crippen MR) is 104 cm³/mol. The number of alkyl halides is 8. The molecular formula is C21H19F8N3O2. The minimum absolute atomic E-state index is 0.121. The summed E-state index contributed by atoms with van der Waals surface area (Å²) in [7, 11) is 0.934. The van der Waals surface area contributed by atoms with Crippen LogP contribution < -0.4 is 0 Å². The fourth-order valence-electron chi connectivity index (χ4n) is 3.63. The predicted octanol–water partition coefficient (Wildman–Crippen LogP) is 5.95. The maximum atomic E-state index is 14.1. The Hall–Kier alpha value is -2.99. The second-order valence-corrected chi connectivity index (χ2v) is 8.19. The van der Waals surface area contributed by atoms with Gasteiger partial charge in [-0.3, -0.25) is 9.48 Å². The Morgan fingerprint density at radius 1 is 1.12 bits per heavy atom. The standard InChI is InChI=1S/C21H19F8N3O2/c1-11-8-12(4-5-13(11)15(33)6-7-18(2,22)23)14-10-19(34-31-14,21(27,28)29)17-9-16(20(24,25)26)30-32(17)3/h4-5,8-9H,6-7,10H2,1-3H3. The Morgan fingerprint density at radius 3 is 2.26 bits per heavy atom. The minimum Gasteiger partial charge on any atom is -0.372 e. The molecule has 3 rings (SSSR count). The van der Waals surface area contributed by atoms with Crippen LogP contribution in [0.4, 0.5) is 35.1 Å². The summed E-state index contributed by atoms with van der Waals surface area (Å²) < 4.78 is 108. The van der Waals surface area contributed by atoms with Crippen molar-refractivity contribution in [1.82, 2.24) is 9.78 Å². The molecule has 0 saturated heterocycles. The van der Waals surface area contributed by atoms with Crippen LogP contribution in [0.2, 0.25) is 0 Å². The zero-order valence-electron chi connectivity index (χ0n) is 18.1. The zero-order valence-corrected chi connectivity index (χ0v) is 18.1. The van der Waals surface area contributed by atoms with Crippen LogP contribution >= 0.6 is 0 Å². The molecule has 1 aliphatic rings. The fourth-order valence-corrected chi connectivity index (χ4v) is 3.63. The molecule has 0 bridgehead atoms. The van der Waals surface area contributed by atoms with Gasteiger partial charge in [0.1, 0.15) is 0 Å². The topological polar surface area (TPSA) is 56.5 Å². The second-order valence-electron chi connectivity index (χ2n) is 8.19. The zero-order chi connectivity index (χ0) is 25.7. The van der Waals surface area contributed by atoms with E-state index < -0.39 is 60.3 Å². The highest BCUT2D eigenvalue weighted by Gasteiger charge is 2.64. The first-order valence-corrected chi connectivity index (χ1v) is 9.90. The van der Waals surface area contributed by atoms with Gasteiger partial charge in [-0.05, 0) is 37.1 Å². The molecule has 1 aromatic heterocycles. The lowest BCUT2D eigenvalue weighted by molar-refractivity contribution is -0.278. The van der Waals surface area contributed by atoms with Crippen molar-refractivity contribution in [3.63, 3.8) is 0 Å². The first-order chi connectivity index (χ1) is 15.4. The number of halogens is 8. The molecule has 1 aliphatic heterocycles. The SMILES string of the molecule is Cc1cc(C2=NOC(c3cc(C(F)(F)F)nn3C)(C(F)(F)F)C2)ccc1C(=O)CCC(C)(F)F. The van der Waals surface area contributed by atoms with Crippen LogP contribution in [-0.2, 0) is 23.7 Å². The lowest BCUT2D eigenvalue weighted by atomic mass is 9.88. The maximum absolute atomic E-state index is 14.1. The first-order valence-electron chi connectivity index (χ1n) is 9.90. The molecule has 0 amide bonds. The van der Waals surface area contributed by atoms with E-state index in [-0.39, 0.29) is 22.9 Å². The van der Waals surface area contributed by atoms with Crippen molar-refractivity contribution in [1.29, 1.82) is 0 Å². The molecule has 13 heteroatoms. The molecule has 0 N–H and O–H groups in total. The van der Waals surface area contributed by atoms with Crippen molar-refractivity contribution in [2.75, 3.05) is 0 Å². The van der Waals surface area contributed by atoms with Gasteiger partial charge in [-0.1, -0.05) is 17.3 Å². The third-order valence-corrected chi connectivity index (χ3v) is 5.42. The van der Waals surface area contributed by atoms with Crippen LogP contribution in [0.5, 0.6) is 0 Å². The molecule has 0 spiro atoms. The fraction of sp³-hybridized carbons (Fsp3) is 0.476. The van der Waals surface area contributed by atoms with Crippen molar-refractivity contribution in [2.45, 2.75) is 57.0 Å². The van der Waals surface area contributed by atoms with Gasteiger partial charge in [-0.25, -0.2) is 8.78 Å². The highest BCUT2D eigenvalue weighted by Crippen LogP contribution is 2.49. The average molecular weight is 497 g/mol. The molecule has 0 saturated carbocycles. The lowest BCUT2D eigenvalue weighted by Crippen LogP contribution is -2.44.